The van der Waals surface area contributed by atoms with Crippen LogP contribution in [0.3, 0.4) is 0 Å². The molecule has 0 spiro atoms. The van der Waals surface area contributed by atoms with Gasteiger partial charge in [-0.25, -0.2) is 0 Å². The Hall–Kier alpha value is -1.15. The molecule has 16 heavy (non-hydrogen) atoms. The molecule has 0 aliphatic rings. The first-order valence-electron chi connectivity index (χ1n) is 3.93. The first-order valence-corrected chi connectivity index (χ1v) is 4.72. The molecule has 1 rings (SSSR count). The molecule has 4 nitrogen and oxygen atoms in total. The average Bonchev–Trinajstić information content (AvgIpc) is 2.14. The molecule has 0 heterocycles. The Labute approximate surface area is 96.0 Å². The summed E-state index contributed by atoms with van der Waals surface area (Å²) >= 11 is 2.84. The summed E-state index contributed by atoms with van der Waals surface area (Å²) in [4.78, 5) is 9.42. The van der Waals surface area contributed by atoms with Gasteiger partial charge < -0.3 is 5.11 Å². The number of halogens is 4. The van der Waals surface area contributed by atoms with Crippen LogP contribution in [-0.4, -0.2) is 10.0 Å². The van der Waals surface area contributed by atoms with E-state index in [1.165, 1.54) is 0 Å². The number of rotatable bonds is 2. The van der Waals surface area contributed by atoms with Gasteiger partial charge >= 0.3 is 6.18 Å². The SMILES string of the molecule is O=[N+]([O-])c1c(C(F)(F)F)ccc(Br)c1CO. The third kappa shape index (κ3) is 2.33. The van der Waals surface area contributed by atoms with Crippen LogP contribution in [-0.2, 0) is 12.8 Å². The largest absolute Gasteiger partial charge is 0.423 e. The van der Waals surface area contributed by atoms with Gasteiger partial charge in [0.15, 0.2) is 0 Å². The van der Waals surface area contributed by atoms with E-state index in [0.717, 1.165) is 6.07 Å². The third-order valence-corrected chi connectivity index (χ3v) is 2.61. The highest BCUT2D eigenvalue weighted by Gasteiger charge is 2.40. The molecule has 0 saturated carbocycles. The molecule has 0 amide bonds. The Balaban J connectivity index is 3.58. The summed E-state index contributed by atoms with van der Waals surface area (Å²) in [6.45, 7) is -0.846. The lowest BCUT2D eigenvalue weighted by atomic mass is 10.1. The number of nitro groups is 1. The molecule has 0 aromatic heterocycles. The Morgan fingerprint density at radius 1 is 1.44 bits per heavy atom. The maximum atomic E-state index is 12.5. The van der Waals surface area contributed by atoms with Crippen LogP contribution < -0.4 is 0 Å². The number of alkyl halides is 3. The zero-order valence-corrected chi connectivity index (χ0v) is 9.17. The minimum Gasteiger partial charge on any atom is -0.391 e. The Bertz CT molecular complexity index is 433. The van der Waals surface area contributed by atoms with Crippen molar-refractivity contribution in [2.45, 2.75) is 12.8 Å². The van der Waals surface area contributed by atoms with E-state index in [1.807, 2.05) is 0 Å². The van der Waals surface area contributed by atoms with Gasteiger partial charge in [-0.2, -0.15) is 13.2 Å². The van der Waals surface area contributed by atoms with Crippen molar-refractivity contribution in [1.82, 2.24) is 0 Å². The molecule has 0 fully saturated rings. The third-order valence-electron chi connectivity index (χ3n) is 1.87. The normalized spacial score (nSPS) is 11.6. The lowest BCUT2D eigenvalue weighted by Gasteiger charge is -2.10. The Morgan fingerprint density at radius 2 is 2.00 bits per heavy atom. The Morgan fingerprint density at radius 3 is 2.38 bits per heavy atom. The van der Waals surface area contributed by atoms with Crippen molar-refractivity contribution in [3.05, 3.63) is 37.8 Å². The number of hydrogen-bond acceptors (Lipinski definition) is 3. The summed E-state index contributed by atoms with van der Waals surface area (Å²) in [5.74, 6) is 0. The van der Waals surface area contributed by atoms with Crippen molar-refractivity contribution < 1.29 is 23.2 Å². The van der Waals surface area contributed by atoms with Crippen LogP contribution in [0.4, 0.5) is 18.9 Å². The van der Waals surface area contributed by atoms with Crippen LogP contribution in [0.15, 0.2) is 16.6 Å². The summed E-state index contributed by atoms with van der Waals surface area (Å²) in [6.07, 6.45) is -4.83. The van der Waals surface area contributed by atoms with Gasteiger partial charge in [-0.05, 0) is 12.1 Å². The van der Waals surface area contributed by atoms with Gasteiger partial charge in [0.2, 0.25) is 0 Å². The topological polar surface area (TPSA) is 63.4 Å². The predicted octanol–water partition coefficient (Wildman–Crippen LogP) is 2.87. The minimum atomic E-state index is -4.83. The van der Waals surface area contributed by atoms with Gasteiger partial charge in [-0.1, -0.05) is 15.9 Å². The molecular formula is C8H5BrF3NO3. The molecule has 0 bridgehead atoms. The molecule has 0 saturated heterocycles. The molecule has 88 valence electrons. The summed E-state index contributed by atoms with van der Waals surface area (Å²) in [6, 6.07) is 1.61. The van der Waals surface area contributed by atoms with Crippen LogP contribution >= 0.6 is 15.9 Å². The average molecular weight is 300 g/mol. The number of benzene rings is 1. The van der Waals surface area contributed by atoms with E-state index in [9.17, 15) is 23.3 Å². The molecular weight excluding hydrogens is 295 g/mol. The number of aliphatic hydroxyl groups is 1. The van der Waals surface area contributed by atoms with Gasteiger partial charge in [0.1, 0.15) is 5.56 Å². The smallest absolute Gasteiger partial charge is 0.391 e. The second kappa shape index (κ2) is 4.38. The van der Waals surface area contributed by atoms with Crippen LogP contribution in [0, 0.1) is 10.1 Å². The second-order valence-electron chi connectivity index (χ2n) is 2.84. The van der Waals surface area contributed by atoms with Crippen molar-refractivity contribution in [2.75, 3.05) is 0 Å². The molecule has 0 unspecified atom stereocenters. The molecule has 0 atom stereocenters. The molecule has 0 aliphatic carbocycles. The van der Waals surface area contributed by atoms with Crippen LogP contribution in [0.5, 0.6) is 0 Å². The van der Waals surface area contributed by atoms with E-state index in [2.05, 4.69) is 15.9 Å². The fraction of sp³-hybridized carbons (Fsp3) is 0.250. The van der Waals surface area contributed by atoms with Gasteiger partial charge in [0.05, 0.1) is 17.1 Å². The van der Waals surface area contributed by atoms with Crippen molar-refractivity contribution in [1.29, 1.82) is 0 Å². The van der Waals surface area contributed by atoms with Crippen molar-refractivity contribution in [3.8, 4) is 0 Å². The second-order valence-corrected chi connectivity index (χ2v) is 3.69. The first-order chi connectivity index (χ1) is 7.29. The van der Waals surface area contributed by atoms with Crippen LogP contribution in [0.25, 0.3) is 0 Å². The van der Waals surface area contributed by atoms with E-state index in [0.29, 0.717) is 6.07 Å². The van der Waals surface area contributed by atoms with E-state index >= 15 is 0 Å². The number of hydrogen-bond donors (Lipinski definition) is 1. The van der Waals surface area contributed by atoms with Crippen LogP contribution in [0.1, 0.15) is 11.1 Å². The molecule has 1 aromatic rings. The lowest BCUT2D eigenvalue weighted by Crippen LogP contribution is -2.11. The summed E-state index contributed by atoms with van der Waals surface area (Å²) in [5, 5.41) is 19.4. The summed E-state index contributed by atoms with van der Waals surface area (Å²) in [5.41, 5.74) is -2.88. The lowest BCUT2D eigenvalue weighted by molar-refractivity contribution is -0.389. The quantitative estimate of drug-likeness (QED) is 0.674. The highest BCUT2D eigenvalue weighted by atomic mass is 79.9. The van der Waals surface area contributed by atoms with Gasteiger partial charge in [0.25, 0.3) is 5.69 Å². The van der Waals surface area contributed by atoms with Gasteiger partial charge in [0, 0.05) is 4.47 Å². The fourth-order valence-electron chi connectivity index (χ4n) is 1.20. The zero-order chi connectivity index (χ0) is 12.5. The zero-order valence-electron chi connectivity index (χ0n) is 7.58. The van der Waals surface area contributed by atoms with Crippen LogP contribution in [0.2, 0.25) is 0 Å². The highest BCUT2D eigenvalue weighted by Crippen LogP contribution is 2.40. The highest BCUT2D eigenvalue weighted by molar-refractivity contribution is 9.10. The summed E-state index contributed by atoms with van der Waals surface area (Å²) < 4.78 is 37.4. The maximum Gasteiger partial charge on any atom is 0.423 e. The van der Waals surface area contributed by atoms with E-state index in [4.69, 9.17) is 5.11 Å². The van der Waals surface area contributed by atoms with Crippen molar-refractivity contribution >= 4 is 21.6 Å². The number of aliphatic hydroxyl groups excluding tert-OH is 1. The maximum absolute atomic E-state index is 12.5. The monoisotopic (exact) mass is 299 g/mol. The fourth-order valence-corrected chi connectivity index (χ4v) is 1.64. The van der Waals surface area contributed by atoms with E-state index in [-0.39, 0.29) is 10.0 Å². The molecule has 1 N–H and O–H groups in total. The summed E-state index contributed by atoms with van der Waals surface area (Å²) in [7, 11) is 0. The molecule has 1 aromatic carbocycles. The number of nitro benzene ring substituents is 1. The first kappa shape index (κ1) is 12.9. The van der Waals surface area contributed by atoms with Crippen molar-refractivity contribution in [2.24, 2.45) is 0 Å². The molecule has 0 aliphatic heterocycles. The van der Waals surface area contributed by atoms with Gasteiger partial charge in [-0.15, -0.1) is 0 Å². The van der Waals surface area contributed by atoms with Gasteiger partial charge in [-0.3, -0.25) is 10.1 Å². The predicted molar refractivity (Wildman–Crippen MR) is 51.7 cm³/mol. The van der Waals surface area contributed by atoms with Crippen molar-refractivity contribution in [3.63, 3.8) is 0 Å². The number of nitrogens with zero attached hydrogens (tertiary/aromatic N) is 1. The van der Waals surface area contributed by atoms with E-state index < -0.39 is 29.0 Å². The van der Waals surface area contributed by atoms with E-state index in [1.54, 1.807) is 0 Å². The molecule has 0 radical (unpaired) electrons. The Kier molecular flexibility index (Phi) is 3.54. The standard InChI is InChI=1S/C8H5BrF3NO3/c9-6-2-1-5(8(10,11)12)7(13(15)16)4(6)3-14/h1-2,14H,3H2. The minimum absolute atomic E-state index is 0.0645. The molecule has 8 heteroatoms.